The predicted octanol–water partition coefficient (Wildman–Crippen LogP) is 4.35. The third-order valence-electron chi connectivity index (χ3n) is 5.24. The first-order valence-corrected chi connectivity index (χ1v) is 9.18. The molecule has 0 saturated heterocycles. The van der Waals surface area contributed by atoms with Gasteiger partial charge in [0.15, 0.2) is 0 Å². The van der Waals surface area contributed by atoms with Gasteiger partial charge >= 0.3 is 0 Å². The Labute approximate surface area is 154 Å². The minimum absolute atomic E-state index is 0.212. The molecule has 0 aliphatic carbocycles. The van der Waals surface area contributed by atoms with Crippen LogP contribution in [0, 0.1) is 6.92 Å². The fraction of sp³-hybridized carbons (Fsp3) is 0.261. The van der Waals surface area contributed by atoms with Gasteiger partial charge in [0, 0.05) is 42.8 Å². The first-order chi connectivity index (χ1) is 12.6. The first kappa shape index (κ1) is 16.6. The maximum absolute atomic E-state index is 12.6. The topological polar surface area (TPSA) is 25.2 Å². The van der Waals surface area contributed by atoms with Gasteiger partial charge < -0.3 is 9.47 Å². The van der Waals surface area contributed by atoms with Crippen LogP contribution in [-0.2, 0) is 18.3 Å². The molecular weight excluding hydrogens is 320 g/mol. The van der Waals surface area contributed by atoms with Crippen LogP contribution in [0.25, 0.3) is 16.5 Å². The van der Waals surface area contributed by atoms with Crippen molar-refractivity contribution in [2.75, 3.05) is 13.1 Å². The SMILES string of the molecule is Cc1cccc(CC(=O)N2CC=C(c3cn(C)c4ccccc34)CC2)c1. The third kappa shape index (κ3) is 3.17. The van der Waals surface area contributed by atoms with Crippen LogP contribution in [0.15, 0.2) is 60.8 Å². The zero-order chi connectivity index (χ0) is 18.1. The van der Waals surface area contributed by atoms with Gasteiger partial charge in [-0.25, -0.2) is 0 Å². The van der Waals surface area contributed by atoms with Crippen molar-refractivity contribution in [1.82, 2.24) is 9.47 Å². The van der Waals surface area contributed by atoms with Crippen molar-refractivity contribution in [1.29, 1.82) is 0 Å². The second kappa shape index (κ2) is 6.83. The van der Waals surface area contributed by atoms with Crippen molar-refractivity contribution in [3.8, 4) is 0 Å². The zero-order valence-corrected chi connectivity index (χ0v) is 15.4. The van der Waals surface area contributed by atoms with Crippen LogP contribution in [0.2, 0.25) is 0 Å². The number of carbonyl (C=O) groups is 1. The molecule has 0 radical (unpaired) electrons. The van der Waals surface area contributed by atoms with Crippen molar-refractivity contribution in [2.24, 2.45) is 7.05 Å². The minimum Gasteiger partial charge on any atom is -0.350 e. The molecule has 0 bridgehead atoms. The largest absolute Gasteiger partial charge is 0.350 e. The van der Waals surface area contributed by atoms with Gasteiger partial charge in [0.25, 0.3) is 0 Å². The molecule has 132 valence electrons. The average molecular weight is 344 g/mol. The van der Waals surface area contributed by atoms with Gasteiger partial charge in [-0.3, -0.25) is 4.79 Å². The number of aryl methyl sites for hydroxylation is 2. The molecule has 0 atom stereocenters. The summed E-state index contributed by atoms with van der Waals surface area (Å²) in [6, 6.07) is 16.7. The second-order valence-electron chi connectivity index (χ2n) is 7.16. The van der Waals surface area contributed by atoms with Crippen molar-refractivity contribution in [3.05, 3.63) is 77.5 Å². The number of hydrogen-bond donors (Lipinski definition) is 0. The lowest BCUT2D eigenvalue weighted by Crippen LogP contribution is -2.35. The monoisotopic (exact) mass is 344 g/mol. The van der Waals surface area contributed by atoms with E-state index in [-0.39, 0.29) is 5.91 Å². The molecule has 2 heterocycles. The summed E-state index contributed by atoms with van der Waals surface area (Å²) in [5, 5.41) is 1.29. The molecule has 1 aliphatic heterocycles. The van der Waals surface area contributed by atoms with Crippen LogP contribution in [0.5, 0.6) is 0 Å². The van der Waals surface area contributed by atoms with Crippen LogP contribution < -0.4 is 0 Å². The summed E-state index contributed by atoms with van der Waals surface area (Å²) >= 11 is 0. The molecule has 0 N–H and O–H groups in total. The van der Waals surface area contributed by atoms with Crippen molar-refractivity contribution in [2.45, 2.75) is 19.8 Å². The Kier molecular flexibility index (Phi) is 4.37. The number of carbonyl (C=O) groups excluding carboxylic acids is 1. The smallest absolute Gasteiger partial charge is 0.227 e. The maximum atomic E-state index is 12.6. The molecule has 3 heteroatoms. The van der Waals surface area contributed by atoms with E-state index in [1.807, 2.05) is 17.0 Å². The number of fused-ring (bicyclic) bond motifs is 1. The van der Waals surface area contributed by atoms with Gasteiger partial charge in [-0.2, -0.15) is 0 Å². The highest BCUT2D eigenvalue weighted by molar-refractivity contribution is 5.93. The van der Waals surface area contributed by atoms with Crippen LogP contribution in [0.3, 0.4) is 0 Å². The minimum atomic E-state index is 0.212. The molecule has 1 aliphatic rings. The molecule has 0 unspecified atom stereocenters. The number of para-hydroxylation sites is 1. The van der Waals surface area contributed by atoms with Gasteiger partial charge in [-0.15, -0.1) is 0 Å². The Balaban J connectivity index is 1.50. The Bertz CT molecular complexity index is 996. The molecule has 0 spiro atoms. The van der Waals surface area contributed by atoms with Crippen LogP contribution in [0.4, 0.5) is 0 Å². The highest BCUT2D eigenvalue weighted by Gasteiger charge is 2.20. The average Bonchev–Trinajstić information content (AvgIpc) is 2.99. The van der Waals surface area contributed by atoms with E-state index in [1.54, 1.807) is 0 Å². The lowest BCUT2D eigenvalue weighted by atomic mass is 9.98. The van der Waals surface area contributed by atoms with E-state index >= 15 is 0 Å². The quantitative estimate of drug-likeness (QED) is 0.694. The number of benzene rings is 2. The lowest BCUT2D eigenvalue weighted by Gasteiger charge is -2.26. The summed E-state index contributed by atoms with van der Waals surface area (Å²) in [6.45, 7) is 3.55. The van der Waals surface area contributed by atoms with Gasteiger partial charge in [0.05, 0.1) is 6.42 Å². The van der Waals surface area contributed by atoms with Crippen LogP contribution in [-0.4, -0.2) is 28.5 Å². The van der Waals surface area contributed by atoms with Crippen LogP contribution in [0.1, 0.15) is 23.1 Å². The number of aromatic nitrogens is 1. The van der Waals surface area contributed by atoms with Crippen LogP contribution >= 0.6 is 0 Å². The standard InChI is InChI=1S/C23H24N2O/c1-17-6-5-7-18(14-17)15-23(26)25-12-10-19(11-13-25)21-16-24(2)22-9-4-3-8-20(21)22/h3-10,14,16H,11-13,15H2,1-2H3. The highest BCUT2D eigenvalue weighted by atomic mass is 16.2. The zero-order valence-electron chi connectivity index (χ0n) is 15.4. The molecule has 4 rings (SSSR count). The van der Waals surface area contributed by atoms with E-state index in [9.17, 15) is 4.79 Å². The number of hydrogen-bond acceptors (Lipinski definition) is 1. The van der Waals surface area contributed by atoms with E-state index in [0.29, 0.717) is 13.0 Å². The molecule has 3 aromatic rings. The van der Waals surface area contributed by atoms with Gasteiger partial charge in [0.2, 0.25) is 5.91 Å². The van der Waals surface area contributed by atoms with E-state index in [2.05, 4.69) is 67.2 Å². The number of amides is 1. The third-order valence-corrected chi connectivity index (χ3v) is 5.24. The maximum Gasteiger partial charge on any atom is 0.227 e. The summed E-state index contributed by atoms with van der Waals surface area (Å²) in [5.41, 5.74) is 6.20. The summed E-state index contributed by atoms with van der Waals surface area (Å²) in [5.74, 6) is 0.212. The Morgan fingerprint density at radius 3 is 2.73 bits per heavy atom. The molecule has 3 nitrogen and oxygen atoms in total. The fourth-order valence-electron chi connectivity index (χ4n) is 3.85. The molecule has 0 saturated carbocycles. The Hall–Kier alpha value is -2.81. The van der Waals surface area contributed by atoms with Gasteiger partial charge in [-0.05, 0) is 30.5 Å². The molecular formula is C23H24N2O. The van der Waals surface area contributed by atoms with Crippen molar-refractivity contribution in [3.63, 3.8) is 0 Å². The summed E-state index contributed by atoms with van der Waals surface area (Å²) in [6.07, 6.45) is 5.83. The first-order valence-electron chi connectivity index (χ1n) is 9.18. The molecule has 26 heavy (non-hydrogen) atoms. The van der Waals surface area contributed by atoms with Crippen molar-refractivity contribution >= 4 is 22.4 Å². The summed E-state index contributed by atoms with van der Waals surface area (Å²) in [7, 11) is 2.09. The fourth-order valence-corrected chi connectivity index (χ4v) is 3.85. The Morgan fingerprint density at radius 1 is 1.12 bits per heavy atom. The molecule has 1 amide bonds. The van der Waals surface area contributed by atoms with E-state index in [0.717, 1.165) is 18.5 Å². The van der Waals surface area contributed by atoms with E-state index < -0.39 is 0 Å². The van der Waals surface area contributed by atoms with Gasteiger partial charge in [0.1, 0.15) is 0 Å². The van der Waals surface area contributed by atoms with Gasteiger partial charge in [-0.1, -0.05) is 54.1 Å². The summed E-state index contributed by atoms with van der Waals surface area (Å²) in [4.78, 5) is 14.6. The Morgan fingerprint density at radius 2 is 1.96 bits per heavy atom. The van der Waals surface area contributed by atoms with E-state index in [1.165, 1.54) is 27.6 Å². The molecule has 2 aromatic carbocycles. The molecule has 1 aromatic heterocycles. The summed E-state index contributed by atoms with van der Waals surface area (Å²) < 4.78 is 2.18. The molecule has 0 fully saturated rings. The lowest BCUT2D eigenvalue weighted by molar-refractivity contribution is -0.130. The number of rotatable bonds is 3. The predicted molar refractivity (Wildman–Crippen MR) is 107 cm³/mol. The second-order valence-corrected chi connectivity index (χ2v) is 7.16. The number of nitrogens with zero attached hydrogens (tertiary/aromatic N) is 2. The highest BCUT2D eigenvalue weighted by Crippen LogP contribution is 2.30. The van der Waals surface area contributed by atoms with E-state index in [4.69, 9.17) is 0 Å². The van der Waals surface area contributed by atoms with Crippen molar-refractivity contribution < 1.29 is 4.79 Å². The normalized spacial score (nSPS) is 14.5.